The molecule has 2 heterocycles. The van der Waals surface area contributed by atoms with Gasteiger partial charge in [-0.05, 0) is 38.0 Å². The quantitative estimate of drug-likeness (QED) is 0.910. The molecule has 1 aromatic heterocycles. The molecule has 0 unspecified atom stereocenters. The largest absolute Gasteiger partial charge is 0.393 e. The van der Waals surface area contributed by atoms with Gasteiger partial charge in [-0.1, -0.05) is 29.8 Å². The zero-order valence-corrected chi connectivity index (χ0v) is 14.6. The van der Waals surface area contributed by atoms with Gasteiger partial charge in [0.25, 0.3) is 5.91 Å². The third kappa shape index (κ3) is 2.98. The van der Waals surface area contributed by atoms with Crippen LogP contribution in [0.25, 0.3) is 10.6 Å². The average Bonchev–Trinajstić information content (AvgIpc) is 3.21. The predicted octanol–water partition coefficient (Wildman–Crippen LogP) is 3.35. The molecular formula is C19H22N2O2S. The van der Waals surface area contributed by atoms with Gasteiger partial charge in [-0.25, -0.2) is 4.98 Å². The number of aromatic nitrogens is 1. The van der Waals surface area contributed by atoms with Crippen molar-refractivity contribution in [1.82, 2.24) is 9.88 Å². The molecule has 24 heavy (non-hydrogen) atoms. The summed E-state index contributed by atoms with van der Waals surface area (Å²) in [7, 11) is 0. The molecule has 0 radical (unpaired) electrons. The summed E-state index contributed by atoms with van der Waals surface area (Å²) in [4.78, 5) is 19.3. The lowest BCUT2D eigenvalue weighted by molar-refractivity contribution is 0.0771. The van der Waals surface area contributed by atoms with E-state index in [0.29, 0.717) is 17.5 Å². The van der Waals surface area contributed by atoms with Crippen LogP contribution in [0.5, 0.6) is 0 Å². The Hall–Kier alpha value is -1.72. The number of carbonyl (C=O) groups excluding carboxylic acids is 1. The monoisotopic (exact) mass is 342 g/mol. The van der Waals surface area contributed by atoms with Crippen molar-refractivity contribution < 1.29 is 9.90 Å². The average molecular weight is 342 g/mol. The van der Waals surface area contributed by atoms with Gasteiger partial charge in [0.1, 0.15) is 10.7 Å². The molecule has 4 nitrogen and oxygen atoms in total. The van der Waals surface area contributed by atoms with Crippen LogP contribution in [-0.4, -0.2) is 40.1 Å². The third-order valence-corrected chi connectivity index (χ3v) is 6.22. The molecule has 3 atom stereocenters. The lowest BCUT2D eigenvalue weighted by Crippen LogP contribution is -2.29. The molecular weight excluding hydrogens is 320 g/mol. The van der Waals surface area contributed by atoms with Crippen molar-refractivity contribution in [3.63, 3.8) is 0 Å². The van der Waals surface area contributed by atoms with Crippen LogP contribution in [0, 0.1) is 18.8 Å². The van der Waals surface area contributed by atoms with Gasteiger partial charge in [-0.3, -0.25) is 4.79 Å². The second-order valence-corrected chi connectivity index (χ2v) is 7.96. The molecule has 1 N–H and O–H groups in total. The SMILES string of the molecule is Cc1ccc(-c2nc(C(=O)N3C[C@H]4C[C@@H](O)CC[C@H]4C3)cs2)cc1. The molecule has 1 aliphatic carbocycles. The molecule has 5 heteroatoms. The maximum absolute atomic E-state index is 12.8. The minimum Gasteiger partial charge on any atom is -0.393 e. The Balaban J connectivity index is 1.48. The molecule has 0 spiro atoms. The highest BCUT2D eigenvalue weighted by atomic mass is 32.1. The number of carbonyl (C=O) groups is 1. The number of aliphatic hydroxyl groups excluding tert-OH is 1. The number of thiazole rings is 1. The zero-order valence-electron chi connectivity index (χ0n) is 13.8. The first-order valence-corrected chi connectivity index (χ1v) is 9.48. The fourth-order valence-corrected chi connectivity index (χ4v) is 4.74. The van der Waals surface area contributed by atoms with Crippen LogP contribution in [0.2, 0.25) is 0 Å². The Morgan fingerprint density at radius 1 is 1.21 bits per heavy atom. The number of aryl methyl sites for hydroxylation is 1. The molecule has 126 valence electrons. The Morgan fingerprint density at radius 3 is 2.75 bits per heavy atom. The van der Waals surface area contributed by atoms with Gasteiger partial charge in [0, 0.05) is 24.0 Å². The highest BCUT2D eigenvalue weighted by Crippen LogP contribution is 2.37. The Morgan fingerprint density at radius 2 is 1.96 bits per heavy atom. The smallest absolute Gasteiger partial charge is 0.273 e. The molecule has 1 amide bonds. The summed E-state index contributed by atoms with van der Waals surface area (Å²) in [6.45, 7) is 3.63. The van der Waals surface area contributed by atoms with Crippen LogP contribution in [0.4, 0.5) is 0 Å². The second-order valence-electron chi connectivity index (χ2n) is 7.10. The number of rotatable bonds is 2. The van der Waals surface area contributed by atoms with E-state index in [-0.39, 0.29) is 12.0 Å². The van der Waals surface area contributed by atoms with E-state index in [9.17, 15) is 9.90 Å². The topological polar surface area (TPSA) is 53.4 Å². The Labute approximate surface area is 146 Å². The standard InChI is InChI=1S/C19H22N2O2S/c1-12-2-4-13(5-3-12)18-20-17(11-24-18)19(23)21-9-14-6-7-16(22)8-15(14)10-21/h2-5,11,14-16,22H,6-10H2,1H3/t14-,15+,16-/m0/s1. The van der Waals surface area contributed by atoms with E-state index in [1.54, 1.807) is 0 Å². The summed E-state index contributed by atoms with van der Waals surface area (Å²) in [5.41, 5.74) is 2.83. The number of hydrogen-bond acceptors (Lipinski definition) is 4. The van der Waals surface area contributed by atoms with Crippen molar-refractivity contribution in [3.8, 4) is 10.6 Å². The van der Waals surface area contributed by atoms with Crippen LogP contribution >= 0.6 is 11.3 Å². The Bertz CT molecular complexity index is 740. The van der Waals surface area contributed by atoms with E-state index in [1.807, 2.05) is 22.4 Å². The van der Waals surface area contributed by atoms with Crippen molar-refractivity contribution in [2.75, 3.05) is 13.1 Å². The lowest BCUT2D eigenvalue weighted by atomic mass is 9.80. The van der Waals surface area contributed by atoms with Crippen molar-refractivity contribution in [3.05, 3.63) is 40.9 Å². The number of aliphatic hydroxyl groups is 1. The minimum absolute atomic E-state index is 0.0356. The first-order valence-electron chi connectivity index (χ1n) is 8.60. The number of benzene rings is 1. The molecule has 2 aromatic rings. The van der Waals surface area contributed by atoms with Gasteiger partial charge < -0.3 is 10.0 Å². The number of nitrogens with zero attached hydrogens (tertiary/aromatic N) is 2. The summed E-state index contributed by atoms with van der Waals surface area (Å²) in [6, 6.07) is 8.23. The molecule has 4 rings (SSSR count). The highest BCUT2D eigenvalue weighted by molar-refractivity contribution is 7.13. The molecule has 2 fully saturated rings. The summed E-state index contributed by atoms with van der Waals surface area (Å²) in [5, 5.41) is 12.6. The summed E-state index contributed by atoms with van der Waals surface area (Å²) < 4.78 is 0. The highest BCUT2D eigenvalue weighted by Gasteiger charge is 2.39. The number of amides is 1. The van der Waals surface area contributed by atoms with Gasteiger partial charge in [-0.15, -0.1) is 11.3 Å². The molecule has 1 saturated carbocycles. The Kier molecular flexibility index (Phi) is 4.14. The predicted molar refractivity (Wildman–Crippen MR) is 95.0 cm³/mol. The van der Waals surface area contributed by atoms with Crippen molar-refractivity contribution in [2.24, 2.45) is 11.8 Å². The molecule has 0 bridgehead atoms. The van der Waals surface area contributed by atoms with E-state index >= 15 is 0 Å². The van der Waals surface area contributed by atoms with E-state index in [1.165, 1.54) is 16.9 Å². The molecule has 1 aliphatic heterocycles. The lowest BCUT2D eigenvalue weighted by Gasteiger charge is -2.27. The first-order chi connectivity index (χ1) is 11.6. The van der Waals surface area contributed by atoms with Gasteiger partial charge in [-0.2, -0.15) is 0 Å². The summed E-state index contributed by atoms with van der Waals surface area (Å²) >= 11 is 1.52. The fourth-order valence-electron chi connectivity index (χ4n) is 3.94. The normalized spacial score (nSPS) is 26.4. The van der Waals surface area contributed by atoms with Crippen LogP contribution in [0.3, 0.4) is 0 Å². The second kappa shape index (κ2) is 6.30. The van der Waals surface area contributed by atoms with E-state index in [0.717, 1.165) is 42.9 Å². The van der Waals surface area contributed by atoms with E-state index in [4.69, 9.17) is 0 Å². The number of fused-ring (bicyclic) bond motifs is 1. The maximum atomic E-state index is 12.8. The van der Waals surface area contributed by atoms with Gasteiger partial charge in [0.2, 0.25) is 0 Å². The van der Waals surface area contributed by atoms with Crippen molar-refractivity contribution >= 4 is 17.2 Å². The van der Waals surface area contributed by atoms with Gasteiger partial charge in [0.15, 0.2) is 0 Å². The fraction of sp³-hybridized carbons (Fsp3) is 0.474. The van der Waals surface area contributed by atoms with E-state index < -0.39 is 0 Å². The summed E-state index contributed by atoms with van der Waals surface area (Å²) in [5.74, 6) is 1.04. The maximum Gasteiger partial charge on any atom is 0.273 e. The van der Waals surface area contributed by atoms with Crippen LogP contribution < -0.4 is 0 Å². The van der Waals surface area contributed by atoms with Crippen LogP contribution in [0.1, 0.15) is 35.3 Å². The van der Waals surface area contributed by atoms with Crippen molar-refractivity contribution in [2.45, 2.75) is 32.3 Å². The number of hydrogen-bond donors (Lipinski definition) is 1. The van der Waals surface area contributed by atoms with Crippen LogP contribution in [0.15, 0.2) is 29.6 Å². The first kappa shape index (κ1) is 15.8. The molecule has 2 aliphatic rings. The zero-order chi connectivity index (χ0) is 16.7. The molecule has 1 aromatic carbocycles. The van der Waals surface area contributed by atoms with Gasteiger partial charge in [0.05, 0.1) is 6.10 Å². The third-order valence-electron chi connectivity index (χ3n) is 5.33. The minimum atomic E-state index is -0.186. The summed E-state index contributed by atoms with van der Waals surface area (Å²) in [6.07, 6.45) is 2.55. The van der Waals surface area contributed by atoms with Crippen molar-refractivity contribution in [1.29, 1.82) is 0 Å². The van der Waals surface area contributed by atoms with Crippen LogP contribution in [-0.2, 0) is 0 Å². The van der Waals surface area contributed by atoms with Gasteiger partial charge >= 0.3 is 0 Å². The number of likely N-dealkylation sites (tertiary alicyclic amines) is 1. The molecule has 1 saturated heterocycles. The van der Waals surface area contributed by atoms with E-state index in [2.05, 4.69) is 24.0 Å².